The second-order valence-electron chi connectivity index (χ2n) is 6.43. The second kappa shape index (κ2) is 7.37. The Kier molecular flexibility index (Phi) is 4.77. The second-order valence-corrected chi connectivity index (χ2v) is 6.80. The van der Waals surface area contributed by atoms with Gasteiger partial charge in [-0.25, -0.2) is 0 Å². The maximum Gasteiger partial charge on any atom is 0.255 e. The highest BCUT2D eigenvalue weighted by molar-refractivity contribution is 6.33. The highest BCUT2D eigenvalue weighted by Crippen LogP contribution is 2.36. The van der Waals surface area contributed by atoms with E-state index in [1.807, 2.05) is 43.5 Å². The quantitative estimate of drug-likeness (QED) is 0.751. The van der Waals surface area contributed by atoms with Crippen molar-refractivity contribution in [2.24, 2.45) is 0 Å². The van der Waals surface area contributed by atoms with Gasteiger partial charge < -0.3 is 10.1 Å². The van der Waals surface area contributed by atoms with Crippen molar-refractivity contribution in [3.63, 3.8) is 0 Å². The van der Waals surface area contributed by atoms with Gasteiger partial charge >= 0.3 is 0 Å². The SMILES string of the molecule is Cc1c(Cc2ccc(-c3cccnc3)nc2)cc2c(c1Cl)OCCNC2=O. The van der Waals surface area contributed by atoms with Crippen molar-refractivity contribution < 1.29 is 9.53 Å². The topological polar surface area (TPSA) is 64.1 Å². The molecule has 0 saturated carbocycles. The summed E-state index contributed by atoms with van der Waals surface area (Å²) in [7, 11) is 0. The molecule has 27 heavy (non-hydrogen) atoms. The van der Waals surface area contributed by atoms with Crippen molar-refractivity contribution in [3.8, 4) is 17.0 Å². The third kappa shape index (κ3) is 3.51. The minimum absolute atomic E-state index is 0.157. The first-order valence-corrected chi connectivity index (χ1v) is 9.09. The Morgan fingerprint density at radius 2 is 2.15 bits per heavy atom. The molecule has 6 heteroatoms. The Hall–Kier alpha value is -2.92. The van der Waals surface area contributed by atoms with Gasteiger partial charge in [0.2, 0.25) is 0 Å². The van der Waals surface area contributed by atoms with Gasteiger partial charge in [0.1, 0.15) is 6.61 Å². The van der Waals surface area contributed by atoms with Gasteiger partial charge in [-0.05, 0) is 54.3 Å². The first-order chi connectivity index (χ1) is 13.1. The molecule has 1 aliphatic rings. The van der Waals surface area contributed by atoms with E-state index >= 15 is 0 Å². The zero-order chi connectivity index (χ0) is 18.8. The van der Waals surface area contributed by atoms with Gasteiger partial charge in [-0.2, -0.15) is 0 Å². The lowest BCUT2D eigenvalue weighted by Gasteiger charge is -2.15. The number of halogens is 1. The molecule has 0 unspecified atom stereocenters. The summed E-state index contributed by atoms with van der Waals surface area (Å²) in [6.45, 7) is 2.83. The van der Waals surface area contributed by atoms with Crippen LogP contribution in [0, 0.1) is 6.92 Å². The van der Waals surface area contributed by atoms with Crippen molar-refractivity contribution in [1.82, 2.24) is 15.3 Å². The molecule has 4 rings (SSSR count). The number of carbonyl (C=O) groups is 1. The average molecular weight is 380 g/mol. The molecule has 0 radical (unpaired) electrons. The van der Waals surface area contributed by atoms with Crippen LogP contribution < -0.4 is 10.1 Å². The van der Waals surface area contributed by atoms with E-state index in [2.05, 4.69) is 15.3 Å². The van der Waals surface area contributed by atoms with E-state index in [-0.39, 0.29) is 5.91 Å². The fraction of sp³-hybridized carbons (Fsp3) is 0.190. The van der Waals surface area contributed by atoms with E-state index < -0.39 is 0 Å². The summed E-state index contributed by atoms with van der Waals surface area (Å²) in [6.07, 6.45) is 6.00. The monoisotopic (exact) mass is 379 g/mol. The molecule has 0 spiro atoms. The maximum atomic E-state index is 12.3. The number of nitrogens with zero attached hydrogens (tertiary/aromatic N) is 2. The van der Waals surface area contributed by atoms with Gasteiger partial charge in [0.15, 0.2) is 5.75 Å². The Morgan fingerprint density at radius 3 is 2.89 bits per heavy atom. The smallest absolute Gasteiger partial charge is 0.255 e. The molecule has 0 aliphatic carbocycles. The molecule has 3 heterocycles. The number of fused-ring (bicyclic) bond motifs is 1. The molecular weight excluding hydrogens is 362 g/mol. The Bertz CT molecular complexity index is 989. The van der Waals surface area contributed by atoms with Gasteiger partial charge in [-0.1, -0.05) is 17.7 Å². The summed E-state index contributed by atoms with van der Waals surface area (Å²) in [5, 5.41) is 3.32. The summed E-state index contributed by atoms with van der Waals surface area (Å²) < 4.78 is 5.67. The number of pyridine rings is 2. The summed E-state index contributed by atoms with van der Waals surface area (Å²) in [5.41, 5.74) is 5.27. The van der Waals surface area contributed by atoms with Crippen molar-refractivity contribution in [3.05, 3.63) is 76.2 Å². The van der Waals surface area contributed by atoms with Crippen molar-refractivity contribution in [1.29, 1.82) is 0 Å². The van der Waals surface area contributed by atoms with Crippen LogP contribution in [0.3, 0.4) is 0 Å². The summed E-state index contributed by atoms with van der Waals surface area (Å²) in [4.78, 5) is 21.0. The van der Waals surface area contributed by atoms with Crippen LogP contribution >= 0.6 is 11.6 Å². The van der Waals surface area contributed by atoms with E-state index in [0.29, 0.717) is 35.9 Å². The van der Waals surface area contributed by atoms with Gasteiger partial charge in [0.05, 0.1) is 22.8 Å². The standard InChI is InChI=1S/C21H18ClN3O2/c1-13-16(10-17-20(19(13)22)27-8-7-24-21(17)26)9-14-4-5-18(25-11-14)15-3-2-6-23-12-15/h2-6,10-12H,7-9H2,1H3,(H,24,26). The lowest BCUT2D eigenvalue weighted by Crippen LogP contribution is -2.24. The highest BCUT2D eigenvalue weighted by Gasteiger charge is 2.22. The van der Waals surface area contributed by atoms with Crippen LogP contribution in [0.1, 0.15) is 27.0 Å². The highest BCUT2D eigenvalue weighted by atomic mass is 35.5. The van der Waals surface area contributed by atoms with E-state index in [1.165, 1.54) is 0 Å². The van der Waals surface area contributed by atoms with Crippen LogP contribution in [0.4, 0.5) is 0 Å². The van der Waals surface area contributed by atoms with E-state index in [0.717, 1.165) is 27.9 Å². The predicted octanol–water partition coefficient (Wildman–Crippen LogP) is 3.82. The number of benzene rings is 1. The number of nitrogens with one attached hydrogen (secondary N) is 1. The lowest BCUT2D eigenvalue weighted by atomic mass is 9.97. The molecular formula is C21H18ClN3O2. The average Bonchev–Trinajstić information content (AvgIpc) is 2.89. The van der Waals surface area contributed by atoms with Crippen LogP contribution in [0.15, 0.2) is 48.9 Å². The maximum absolute atomic E-state index is 12.3. The number of ether oxygens (including phenoxy) is 1. The number of aromatic nitrogens is 2. The Balaban J connectivity index is 1.65. The third-order valence-corrected chi connectivity index (χ3v) is 5.08. The molecule has 2 aromatic heterocycles. The zero-order valence-corrected chi connectivity index (χ0v) is 15.6. The van der Waals surface area contributed by atoms with Gasteiger partial charge in [-0.15, -0.1) is 0 Å². The van der Waals surface area contributed by atoms with Crippen molar-refractivity contribution in [2.45, 2.75) is 13.3 Å². The lowest BCUT2D eigenvalue weighted by molar-refractivity contribution is 0.0957. The number of hydrogen-bond donors (Lipinski definition) is 1. The first-order valence-electron chi connectivity index (χ1n) is 8.72. The summed E-state index contributed by atoms with van der Waals surface area (Å²) in [5.74, 6) is 0.314. The molecule has 0 fully saturated rings. The number of rotatable bonds is 3. The predicted molar refractivity (Wildman–Crippen MR) is 104 cm³/mol. The Labute approximate surface area is 162 Å². The Morgan fingerprint density at radius 1 is 1.26 bits per heavy atom. The largest absolute Gasteiger partial charge is 0.489 e. The van der Waals surface area contributed by atoms with E-state index in [9.17, 15) is 4.79 Å². The van der Waals surface area contributed by atoms with E-state index in [1.54, 1.807) is 12.4 Å². The van der Waals surface area contributed by atoms with Gasteiger partial charge in [-0.3, -0.25) is 14.8 Å². The minimum atomic E-state index is -0.157. The number of amides is 1. The van der Waals surface area contributed by atoms with Gasteiger partial charge in [0, 0.05) is 24.2 Å². The molecule has 1 aromatic carbocycles. The van der Waals surface area contributed by atoms with Crippen molar-refractivity contribution in [2.75, 3.05) is 13.2 Å². The van der Waals surface area contributed by atoms with Crippen LogP contribution in [0.2, 0.25) is 5.02 Å². The minimum Gasteiger partial charge on any atom is -0.489 e. The molecule has 0 atom stereocenters. The molecule has 0 bridgehead atoms. The van der Waals surface area contributed by atoms with Crippen LogP contribution in [-0.2, 0) is 6.42 Å². The molecule has 3 aromatic rings. The fourth-order valence-electron chi connectivity index (χ4n) is 3.12. The molecule has 5 nitrogen and oxygen atoms in total. The molecule has 136 valence electrons. The molecule has 1 aliphatic heterocycles. The van der Waals surface area contributed by atoms with Crippen LogP contribution in [0.5, 0.6) is 5.75 Å². The van der Waals surface area contributed by atoms with E-state index in [4.69, 9.17) is 16.3 Å². The number of hydrogen-bond acceptors (Lipinski definition) is 4. The summed E-state index contributed by atoms with van der Waals surface area (Å²) >= 11 is 6.50. The normalized spacial score (nSPS) is 13.3. The zero-order valence-electron chi connectivity index (χ0n) is 14.8. The molecule has 0 saturated heterocycles. The third-order valence-electron chi connectivity index (χ3n) is 4.63. The molecule has 1 amide bonds. The molecule has 1 N–H and O–H groups in total. The van der Waals surface area contributed by atoms with Gasteiger partial charge in [0.25, 0.3) is 5.91 Å². The first kappa shape index (κ1) is 17.5. The number of carbonyl (C=O) groups excluding carboxylic acids is 1. The summed E-state index contributed by atoms with van der Waals surface area (Å²) in [6, 6.07) is 9.74. The fourth-order valence-corrected chi connectivity index (χ4v) is 3.40. The van der Waals surface area contributed by atoms with Crippen LogP contribution in [-0.4, -0.2) is 29.0 Å². The van der Waals surface area contributed by atoms with Crippen molar-refractivity contribution >= 4 is 17.5 Å². The van der Waals surface area contributed by atoms with Crippen LogP contribution in [0.25, 0.3) is 11.3 Å².